The maximum atomic E-state index is 14.2. The van der Waals surface area contributed by atoms with Crippen LogP contribution in [0.1, 0.15) is 19.8 Å². The predicted octanol–water partition coefficient (Wildman–Crippen LogP) is 5.01. The number of rotatable bonds is 5. The molecule has 0 radical (unpaired) electrons. The molecule has 40 heavy (non-hydrogen) atoms. The minimum atomic E-state index is -0.585. The van der Waals surface area contributed by atoms with Gasteiger partial charge in [0.25, 0.3) is 0 Å². The van der Waals surface area contributed by atoms with Gasteiger partial charge in [-0.25, -0.2) is 15.0 Å². The molecular weight excluding hydrogens is 570 g/mol. The van der Waals surface area contributed by atoms with Crippen molar-refractivity contribution in [3.8, 4) is 11.1 Å². The van der Waals surface area contributed by atoms with Crippen molar-refractivity contribution in [2.75, 3.05) is 11.1 Å². The standard InChI is InChI=1S/C30H26BrN7O2/c1-30-13-20(29(40)36-23-12-6-11-22(31)35-23)38(21(30)14-30)24(39)15-37-26-18(17-7-3-2-4-8-17)9-5-10-19(26)25-27(32)33-16-34-28(25)37/h2-12,16,20-21H,13-15H2,1H3,(H2,32,33,34)(H,35,36,40)/t20-,21?,30-/m0/s1. The number of aromatic nitrogens is 4. The number of amides is 2. The largest absolute Gasteiger partial charge is 0.383 e. The zero-order valence-corrected chi connectivity index (χ0v) is 23.3. The number of halogens is 1. The molecule has 2 aromatic carbocycles. The Morgan fingerprint density at radius 2 is 1.85 bits per heavy atom. The van der Waals surface area contributed by atoms with E-state index in [1.807, 2.05) is 59.2 Å². The number of para-hydroxylation sites is 1. The Morgan fingerprint density at radius 3 is 2.65 bits per heavy atom. The molecule has 3 aromatic heterocycles. The van der Waals surface area contributed by atoms with E-state index < -0.39 is 6.04 Å². The number of piperidine rings is 1. The molecule has 3 N–H and O–H groups in total. The monoisotopic (exact) mass is 595 g/mol. The van der Waals surface area contributed by atoms with Gasteiger partial charge >= 0.3 is 0 Å². The van der Waals surface area contributed by atoms with Gasteiger partial charge < -0.3 is 20.5 Å². The highest BCUT2D eigenvalue weighted by Gasteiger charge is 2.64. The molecule has 10 heteroatoms. The highest BCUT2D eigenvalue weighted by molar-refractivity contribution is 9.10. The minimum Gasteiger partial charge on any atom is -0.383 e. The molecular formula is C30H26BrN7O2. The van der Waals surface area contributed by atoms with Gasteiger partial charge in [0.15, 0.2) is 0 Å². The first-order chi connectivity index (χ1) is 19.3. The molecule has 7 rings (SSSR count). The number of hydrogen-bond donors (Lipinski definition) is 2. The van der Waals surface area contributed by atoms with E-state index in [2.05, 4.69) is 43.1 Å². The topological polar surface area (TPSA) is 119 Å². The number of nitrogens with one attached hydrogen (secondary N) is 1. The van der Waals surface area contributed by atoms with Crippen molar-refractivity contribution in [2.45, 2.75) is 38.4 Å². The predicted molar refractivity (Wildman–Crippen MR) is 157 cm³/mol. The Kier molecular flexibility index (Phi) is 5.64. The average molecular weight is 596 g/mol. The van der Waals surface area contributed by atoms with Gasteiger partial charge in [-0.3, -0.25) is 9.59 Å². The summed E-state index contributed by atoms with van der Waals surface area (Å²) in [5, 5.41) is 4.51. The lowest BCUT2D eigenvalue weighted by atomic mass is 10.0. The third-order valence-electron chi connectivity index (χ3n) is 8.26. The first kappa shape index (κ1) is 24.7. The fraction of sp³-hybridized carbons (Fsp3) is 0.233. The molecule has 4 heterocycles. The summed E-state index contributed by atoms with van der Waals surface area (Å²) < 4.78 is 2.55. The van der Waals surface area contributed by atoms with Gasteiger partial charge in [0.05, 0.1) is 10.9 Å². The fourth-order valence-electron chi connectivity index (χ4n) is 6.26. The smallest absolute Gasteiger partial charge is 0.248 e. The van der Waals surface area contributed by atoms with Crippen LogP contribution in [-0.2, 0) is 16.1 Å². The summed E-state index contributed by atoms with van der Waals surface area (Å²) in [4.78, 5) is 42.5. The zero-order chi connectivity index (χ0) is 27.6. The molecule has 1 aliphatic carbocycles. The van der Waals surface area contributed by atoms with Crippen LogP contribution in [0.25, 0.3) is 33.1 Å². The number of fused-ring (bicyclic) bond motifs is 4. The van der Waals surface area contributed by atoms with E-state index in [0.717, 1.165) is 33.8 Å². The summed E-state index contributed by atoms with van der Waals surface area (Å²) in [6.45, 7) is 2.16. The van der Waals surface area contributed by atoms with Gasteiger partial charge in [-0.15, -0.1) is 0 Å². The molecule has 1 unspecified atom stereocenters. The second-order valence-electron chi connectivity index (χ2n) is 10.8. The lowest BCUT2D eigenvalue weighted by Gasteiger charge is -2.27. The summed E-state index contributed by atoms with van der Waals surface area (Å²) in [5.74, 6) is 0.444. The van der Waals surface area contributed by atoms with Crippen molar-refractivity contribution in [1.29, 1.82) is 0 Å². The maximum absolute atomic E-state index is 14.2. The Morgan fingerprint density at radius 1 is 1.05 bits per heavy atom. The normalized spacial score (nSPS) is 21.5. The second-order valence-corrected chi connectivity index (χ2v) is 11.7. The molecule has 1 aliphatic heterocycles. The van der Waals surface area contributed by atoms with Gasteiger partial charge in [0.2, 0.25) is 11.8 Å². The highest BCUT2D eigenvalue weighted by Crippen LogP contribution is 2.59. The van der Waals surface area contributed by atoms with E-state index >= 15 is 0 Å². The van der Waals surface area contributed by atoms with E-state index in [1.165, 1.54) is 6.33 Å². The molecule has 0 bridgehead atoms. The Hall–Kier alpha value is -4.31. The van der Waals surface area contributed by atoms with E-state index in [0.29, 0.717) is 28.3 Å². The van der Waals surface area contributed by atoms with E-state index in [4.69, 9.17) is 5.73 Å². The van der Waals surface area contributed by atoms with E-state index in [9.17, 15) is 9.59 Å². The molecule has 2 aliphatic rings. The third-order valence-corrected chi connectivity index (χ3v) is 8.70. The number of likely N-dealkylation sites (tertiary alicyclic amines) is 1. The summed E-state index contributed by atoms with van der Waals surface area (Å²) >= 11 is 3.35. The Labute approximate surface area is 238 Å². The first-order valence-electron chi connectivity index (χ1n) is 13.2. The molecule has 1 saturated heterocycles. The molecule has 2 amide bonds. The third kappa shape index (κ3) is 3.93. The van der Waals surface area contributed by atoms with Gasteiger partial charge in [-0.1, -0.05) is 61.5 Å². The maximum Gasteiger partial charge on any atom is 0.248 e. The van der Waals surface area contributed by atoms with Crippen LogP contribution in [0.15, 0.2) is 77.7 Å². The summed E-state index contributed by atoms with van der Waals surface area (Å²) in [7, 11) is 0. The molecule has 0 spiro atoms. The highest BCUT2D eigenvalue weighted by atomic mass is 79.9. The van der Waals surface area contributed by atoms with E-state index in [-0.39, 0.29) is 29.8 Å². The van der Waals surface area contributed by atoms with Crippen LogP contribution in [0, 0.1) is 5.41 Å². The van der Waals surface area contributed by atoms with Crippen LogP contribution in [0.4, 0.5) is 11.6 Å². The van der Waals surface area contributed by atoms with Gasteiger partial charge in [-0.2, -0.15) is 0 Å². The quantitative estimate of drug-likeness (QED) is 0.276. The van der Waals surface area contributed by atoms with Crippen molar-refractivity contribution in [3.05, 3.63) is 77.7 Å². The van der Waals surface area contributed by atoms with Gasteiger partial charge in [0, 0.05) is 17.0 Å². The number of carbonyl (C=O) groups excluding carboxylic acids is 2. The molecule has 200 valence electrons. The Bertz CT molecular complexity index is 1820. The number of pyridine rings is 1. The van der Waals surface area contributed by atoms with Crippen LogP contribution in [0.5, 0.6) is 0 Å². The van der Waals surface area contributed by atoms with Crippen molar-refractivity contribution in [2.24, 2.45) is 5.41 Å². The lowest BCUT2D eigenvalue weighted by Crippen LogP contribution is -2.46. The van der Waals surface area contributed by atoms with Crippen LogP contribution in [0.3, 0.4) is 0 Å². The number of nitrogens with zero attached hydrogens (tertiary/aromatic N) is 5. The first-order valence-corrected chi connectivity index (χ1v) is 13.9. The summed E-state index contributed by atoms with van der Waals surface area (Å²) in [6, 6.07) is 20.8. The molecule has 2 fully saturated rings. The number of benzene rings is 2. The second kappa shape index (κ2) is 9.12. The lowest BCUT2D eigenvalue weighted by molar-refractivity contribution is -0.138. The van der Waals surface area contributed by atoms with Crippen molar-refractivity contribution in [1.82, 2.24) is 24.4 Å². The SMILES string of the molecule is C[C@]12CC1N(C(=O)Cn1c3ncnc(N)c3c3cccc(-c4ccccc4)c31)[C@H](C(=O)Nc1cccc(Br)n1)C2. The molecule has 3 atom stereocenters. The number of hydrogen-bond acceptors (Lipinski definition) is 6. The van der Waals surface area contributed by atoms with Crippen LogP contribution < -0.4 is 11.1 Å². The number of anilines is 2. The Balaban J connectivity index is 1.30. The van der Waals surface area contributed by atoms with Gasteiger partial charge in [-0.05, 0) is 51.9 Å². The molecule has 1 saturated carbocycles. The summed E-state index contributed by atoms with van der Waals surface area (Å²) in [6.07, 6.45) is 2.92. The minimum absolute atomic E-state index is 0.0196. The van der Waals surface area contributed by atoms with Crippen molar-refractivity contribution < 1.29 is 9.59 Å². The van der Waals surface area contributed by atoms with Crippen molar-refractivity contribution in [3.63, 3.8) is 0 Å². The zero-order valence-electron chi connectivity index (χ0n) is 21.7. The number of carbonyl (C=O) groups is 2. The fourth-order valence-corrected chi connectivity index (χ4v) is 6.61. The van der Waals surface area contributed by atoms with Crippen LogP contribution in [0.2, 0.25) is 0 Å². The summed E-state index contributed by atoms with van der Waals surface area (Å²) in [5.41, 5.74) is 9.73. The number of nitrogen functional groups attached to an aromatic ring is 1. The molecule has 5 aromatic rings. The van der Waals surface area contributed by atoms with Gasteiger partial charge in [0.1, 0.15) is 40.8 Å². The average Bonchev–Trinajstić information content (AvgIpc) is 3.34. The van der Waals surface area contributed by atoms with Crippen LogP contribution in [-0.4, -0.2) is 48.3 Å². The molecule has 9 nitrogen and oxygen atoms in total. The number of nitrogens with two attached hydrogens (primary N) is 1. The van der Waals surface area contributed by atoms with Crippen molar-refractivity contribution >= 4 is 61.3 Å². The van der Waals surface area contributed by atoms with E-state index in [1.54, 1.807) is 17.0 Å². The van der Waals surface area contributed by atoms with Crippen LogP contribution >= 0.6 is 15.9 Å².